The van der Waals surface area contributed by atoms with Crippen molar-refractivity contribution in [1.29, 1.82) is 0 Å². The Labute approximate surface area is 137 Å². The van der Waals surface area contributed by atoms with E-state index in [1.54, 1.807) is 0 Å². The van der Waals surface area contributed by atoms with Gasteiger partial charge in [-0.05, 0) is 0 Å². The second kappa shape index (κ2) is 8.17. The van der Waals surface area contributed by atoms with Crippen LogP contribution in [0.4, 0.5) is 5.69 Å². The summed E-state index contributed by atoms with van der Waals surface area (Å²) in [5.74, 6) is 0.373. The number of benzene rings is 2. The van der Waals surface area contributed by atoms with Crippen LogP contribution in [0, 0.1) is 6.92 Å². The molecule has 0 spiro atoms. The van der Waals surface area contributed by atoms with Gasteiger partial charge in [0.05, 0.1) is 0 Å². The fraction of sp³-hybridized carbons (Fsp3) is 0.211. The van der Waals surface area contributed by atoms with Crippen LogP contribution >= 0.6 is 0 Å². The number of hydrogen-bond donors (Lipinski definition) is 0. The Balaban J connectivity index is 2.35. The van der Waals surface area contributed by atoms with Crippen molar-refractivity contribution < 1.29 is 0 Å². The van der Waals surface area contributed by atoms with Crippen LogP contribution in [0.25, 0.3) is 0 Å². The van der Waals surface area contributed by atoms with Gasteiger partial charge in [0.25, 0.3) is 0 Å². The maximum absolute atomic E-state index is 4.94. The van der Waals surface area contributed by atoms with Gasteiger partial charge >= 0.3 is 138 Å². The van der Waals surface area contributed by atoms with E-state index in [0.29, 0.717) is 5.92 Å². The molecule has 1 unspecified atom stereocenters. The number of aryl methyl sites for hydroxylation is 1. The molecule has 108 valence electrons. The summed E-state index contributed by atoms with van der Waals surface area (Å²) >= 11 is -0.253. The third kappa shape index (κ3) is 4.56. The fourth-order valence-corrected chi connectivity index (χ4v) is 4.28. The van der Waals surface area contributed by atoms with Crippen molar-refractivity contribution in [2.24, 2.45) is 4.99 Å². The summed E-state index contributed by atoms with van der Waals surface area (Å²) in [6.07, 6.45) is 2.96. The first-order valence-electron chi connectivity index (χ1n) is 7.09. The van der Waals surface area contributed by atoms with Gasteiger partial charge < -0.3 is 0 Å². The van der Waals surface area contributed by atoms with Crippen molar-refractivity contribution in [3.8, 4) is 0 Å². The van der Waals surface area contributed by atoms with E-state index in [4.69, 9.17) is 4.99 Å². The Bertz CT molecular complexity index is 599. The van der Waals surface area contributed by atoms with Crippen LogP contribution in [0.15, 0.2) is 72.2 Å². The number of allylic oxidation sites excluding steroid dienone is 1. The van der Waals surface area contributed by atoms with E-state index in [1.807, 2.05) is 6.08 Å². The summed E-state index contributed by atoms with van der Waals surface area (Å²) in [5.41, 5.74) is 3.68. The van der Waals surface area contributed by atoms with Gasteiger partial charge in [-0.25, -0.2) is 0 Å². The molecule has 2 aromatic carbocycles. The summed E-state index contributed by atoms with van der Waals surface area (Å²) < 4.78 is 1.34. The molecule has 2 heteroatoms. The molecule has 2 rings (SSSR count). The van der Waals surface area contributed by atoms with Crippen LogP contribution in [0.5, 0.6) is 0 Å². The van der Waals surface area contributed by atoms with Crippen molar-refractivity contribution in [2.75, 3.05) is 0 Å². The molecule has 1 atom stereocenters. The third-order valence-corrected chi connectivity index (χ3v) is 5.65. The van der Waals surface area contributed by atoms with Crippen molar-refractivity contribution in [2.45, 2.75) is 24.2 Å². The van der Waals surface area contributed by atoms with Gasteiger partial charge in [0.15, 0.2) is 0 Å². The minimum atomic E-state index is -0.253. The second-order valence-corrected chi connectivity index (χ2v) is 7.34. The zero-order chi connectivity index (χ0) is 15.1. The van der Waals surface area contributed by atoms with Gasteiger partial charge in [-0.15, -0.1) is 0 Å². The van der Waals surface area contributed by atoms with Crippen LogP contribution in [-0.2, 0) is 0 Å². The number of rotatable bonds is 6. The van der Waals surface area contributed by atoms with E-state index >= 15 is 0 Å². The average Bonchev–Trinajstić information content (AvgIpc) is 2.53. The normalized spacial score (nSPS) is 13.0. The van der Waals surface area contributed by atoms with Crippen LogP contribution in [0.1, 0.15) is 23.5 Å². The predicted octanol–water partition coefficient (Wildman–Crippen LogP) is 5.14. The zero-order valence-corrected chi connectivity index (χ0v) is 15.0. The molecular weight excluding hydrogens is 370 g/mol. The van der Waals surface area contributed by atoms with Crippen LogP contribution in [0.3, 0.4) is 0 Å². The molecule has 0 aromatic heterocycles. The Kier molecular flexibility index (Phi) is 6.23. The van der Waals surface area contributed by atoms with E-state index in [0.717, 1.165) is 12.1 Å². The molecule has 0 radical (unpaired) electrons. The zero-order valence-electron chi connectivity index (χ0n) is 12.6. The summed E-state index contributed by atoms with van der Waals surface area (Å²) in [6.45, 7) is 6.02. The Morgan fingerprint density at radius 1 is 1.14 bits per heavy atom. The van der Waals surface area contributed by atoms with Gasteiger partial charge in [0.1, 0.15) is 0 Å². The molecule has 21 heavy (non-hydrogen) atoms. The Morgan fingerprint density at radius 3 is 2.38 bits per heavy atom. The van der Waals surface area contributed by atoms with Crippen molar-refractivity contribution in [1.82, 2.24) is 0 Å². The van der Waals surface area contributed by atoms with Crippen LogP contribution in [-0.4, -0.2) is 24.7 Å². The van der Waals surface area contributed by atoms with E-state index in [-0.39, 0.29) is 20.9 Å². The fourth-order valence-electron chi connectivity index (χ4n) is 2.24. The molecule has 0 saturated heterocycles. The molecule has 0 aliphatic heterocycles. The molecule has 0 aliphatic carbocycles. The molecule has 0 bridgehead atoms. The first-order valence-corrected chi connectivity index (χ1v) is 10.6. The Hall–Kier alpha value is -1.36. The SMILES string of the molecule is C=CCC(C(=Nc1ccc(C)cc1)[Te]C)c1ccccc1. The van der Waals surface area contributed by atoms with Gasteiger partial charge in [-0.2, -0.15) is 0 Å². The van der Waals surface area contributed by atoms with Gasteiger partial charge in [0.2, 0.25) is 0 Å². The molecule has 0 fully saturated rings. The van der Waals surface area contributed by atoms with E-state index in [1.165, 1.54) is 14.9 Å². The standard InChI is InChI=1S/C19H21NTe/c1-4-8-18(16-9-6-5-7-10-16)19(21-3)20-17-13-11-15(2)12-14-17/h4-7,9-14,18H,1,8H2,2-3H3. The summed E-state index contributed by atoms with van der Waals surface area (Å²) in [6, 6.07) is 19.1. The second-order valence-electron chi connectivity index (χ2n) is 4.98. The summed E-state index contributed by atoms with van der Waals surface area (Å²) in [5, 5.41) is 0. The van der Waals surface area contributed by atoms with Crippen LogP contribution < -0.4 is 0 Å². The molecule has 1 nitrogen and oxygen atoms in total. The molecule has 2 aromatic rings. The maximum atomic E-state index is 4.94. The summed E-state index contributed by atoms with van der Waals surface area (Å²) in [4.78, 5) is 7.24. The van der Waals surface area contributed by atoms with Gasteiger partial charge in [-0.3, -0.25) is 0 Å². The monoisotopic (exact) mass is 393 g/mol. The predicted molar refractivity (Wildman–Crippen MR) is 93.9 cm³/mol. The van der Waals surface area contributed by atoms with Crippen LogP contribution in [0.2, 0.25) is 4.97 Å². The van der Waals surface area contributed by atoms with E-state index < -0.39 is 0 Å². The quantitative estimate of drug-likeness (QED) is 0.368. The first-order chi connectivity index (χ1) is 10.2. The number of aliphatic imine (C=N–C) groups is 1. The number of nitrogens with zero attached hydrogens (tertiary/aromatic N) is 1. The molecule has 0 aliphatic rings. The molecule has 0 heterocycles. The number of hydrogen-bond acceptors (Lipinski definition) is 1. The molecule has 0 amide bonds. The molecular formula is C19H21NTe. The van der Waals surface area contributed by atoms with E-state index in [9.17, 15) is 0 Å². The van der Waals surface area contributed by atoms with Crippen molar-refractivity contribution in [3.63, 3.8) is 0 Å². The van der Waals surface area contributed by atoms with Gasteiger partial charge in [0, 0.05) is 0 Å². The van der Waals surface area contributed by atoms with Gasteiger partial charge in [-0.1, -0.05) is 0 Å². The van der Waals surface area contributed by atoms with Crippen molar-refractivity contribution in [3.05, 3.63) is 78.4 Å². The first kappa shape index (κ1) is 16.0. The van der Waals surface area contributed by atoms with Crippen molar-refractivity contribution >= 4 is 30.4 Å². The topological polar surface area (TPSA) is 12.4 Å². The minimum absolute atomic E-state index is 0.253. The molecule has 0 N–H and O–H groups in total. The molecule has 0 saturated carbocycles. The summed E-state index contributed by atoms with van der Waals surface area (Å²) in [7, 11) is 0. The third-order valence-electron chi connectivity index (χ3n) is 3.38. The average molecular weight is 391 g/mol. The Morgan fingerprint density at radius 2 is 1.81 bits per heavy atom. The van der Waals surface area contributed by atoms with E-state index in [2.05, 4.69) is 73.1 Å².